The first-order valence-corrected chi connectivity index (χ1v) is 3.88. The standard InChI is InChI=1S/C7H8NOS/c8-6-3-1-2-4-7(6)10-5-9/h1-4H,5,8H2. The topological polar surface area (TPSA) is 45.9 Å². The Bertz CT molecular complexity index is 215. The van der Waals surface area contributed by atoms with Crippen LogP contribution in [0, 0.1) is 0 Å². The highest BCUT2D eigenvalue weighted by Gasteiger charge is 1.95. The lowest BCUT2D eigenvalue weighted by molar-refractivity contribution is 0.260. The quantitative estimate of drug-likeness (QED) is 0.400. The van der Waals surface area contributed by atoms with Crippen molar-refractivity contribution in [2.45, 2.75) is 4.90 Å². The molecule has 1 aromatic rings. The van der Waals surface area contributed by atoms with E-state index in [1.165, 1.54) is 11.8 Å². The maximum absolute atomic E-state index is 10.2. The second kappa shape index (κ2) is 3.49. The van der Waals surface area contributed by atoms with Crippen LogP contribution in [0.25, 0.3) is 0 Å². The molecule has 10 heavy (non-hydrogen) atoms. The van der Waals surface area contributed by atoms with E-state index in [1.54, 1.807) is 6.07 Å². The smallest absolute Gasteiger partial charge is 0.132 e. The maximum Gasteiger partial charge on any atom is 0.132 e. The summed E-state index contributed by atoms with van der Waals surface area (Å²) in [5.74, 6) is -0.172. The predicted octanol–water partition coefficient (Wildman–Crippen LogP) is 1.75. The summed E-state index contributed by atoms with van der Waals surface area (Å²) in [6, 6.07) is 7.36. The van der Waals surface area contributed by atoms with Crippen molar-refractivity contribution in [1.29, 1.82) is 0 Å². The van der Waals surface area contributed by atoms with E-state index in [0.717, 1.165) is 4.90 Å². The number of nitrogens with two attached hydrogens (primary N) is 1. The molecular formula is C7H8NOS. The minimum absolute atomic E-state index is 0.172. The van der Waals surface area contributed by atoms with Gasteiger partial charge in [0.25, 0.3) is 0 Å². The van der Waals surface area contributed by atoms with Gasteiger partial charge in [0.05, 0.1) is 0 Å². The average Bonchev–Trinajstić information content (AvgIpc) is 1.94. The highest BCUT2D eigenvalue weighted by molar-refractivity contribution is 7.99. The van der Waals surface area contributed by atoms with Gasteiger partial charge in [0.15, 0.2) is 0 Å². The summed E-state index contributed by atoms with van der Waals surface area (Å²) < 4.78 is 0. The van der Waals surface area contributed by atoms with Crippen molar-refractivity contribution in [3.8, 4) is 0 Å². The molecule has 1 radical (unpaired) electrons. The van der Waals surface area contributed by atoms with E-state index in [0.29, 0.717) is 5.69 Å². The van der Waals surface area contributed by atoms with Gasteiger partial charge < -0.3 is 5.73 Å². The molecule has 0 amide bonds. The number of benzene rings is 1. The molecule has 0 aliphatic carbocycles. The van der Waals surface area contributed by atoms with Crippen LogP contribution >= 0.6 is 11.8 Å². The van der Waals surface area contributed by atoms with Crippen LogP contribution in [0.15, 0.2) is 29.2 Å². The van der Waals surface area contributed by atoms with Gasteiger partial charge in [-0.1, -0.05) is 23.9 Å². The van der Waals surface area contributed by atoms with Gasteiger partial charge >= 0.3 is 0 Å². The molecular weight excluding hydrogens is 146 g/mol. The molecule has 0 aliphatic heterocycles. The van der Waals surface area contributed by atoms with Gasteiger partial charge in [0, 0.05) is 10.6 Å². The largest absolute Gasteiger partial charge is 0.398 e. The van der Waals surface area contributed by atoms with E-state index >= 15 is 0 Å². The van der Waals surface area contributed by atoms with Gasteiger partial charge in [-0.3, -0.25) is 0 Å². The third kappa shape index (κ3) is 1.65. The molecule has 0 saturated heterocycles. The molecule has 0 saturated carbocycles. The summed E-state index contributed by atoms with van der Waals surface area (Å²) in [5, 5.41) is 10.2. The molecule has 0 heterocycles. The van der Waals surface area contributed by atoms with E-state index in [2.05, 4.69) is 0 Å². The van der Waals surface area contributed by atoms with Gasteiger partial charge in [-0.15, -0.1) is 0 Å². The summed E-state index contributed by atoms with van der Waals surface area (Å²) in [6.07, 6.45) is 0. The first-order chi connectivity index (χ1) is 4.84. The number of para-hydroxylation sites is 1. The Hall–Kier alpha value is -0.670. The van der Waals surface area contributed by atoms with Gasteiger partial charge in [0.2, 0.25) is 0 Å². The van der Waals surface area contributed by atoms with Crippen molar-refractivity contribution in [3.63, 3.8) is 0 Å². The Balaban J connectivity index is 2.81. The predicted molar refractivity (Wildman–Crippen MR) is 42.3 cm³/mol. The van der Waals surface area contributed by atoms with Crippen LogP contribution in [0.1, 0.15) is 0 Å². The second-order valence-electron chi connectivity index (χ2n) is 1.80. The van der Waals surface area contributed by atoms with Crippen LogP contribution in [0.2, 0.25) is 0 Å². The van der Waals surface area contributed by atoms with Crippen molar-refractivity contribution in [2.24, 2.45) is 0 Å². The van der Waals surface area contributed by atoms with Crippen LogP contribution in [0.5, 0.6) is 0 Å². The summed E-state index contributed by atoms with van der Waals surface area (Å²) >= 11 is 1.22. The Morgan fingerprint density at radius 3 is 2.70 bits per heavy atom. The first-order valence-electron chi connectivity index (χ1n) is 2.90. The molecule has 0 spiro atoms. The molecule has 3 heteroatoms. The lowest BCUT2D eigenvalue weighted by atomic mass is 10.3. The fourth-order valence-electron chi connectivity index (χ4n) is 0.675. The molecule has 1 rings (SSSR count). The summed E-state index contributed by atoms with van der Waals surface area (Å²) in [6.45, 7) is 0. The molecule has 0 aliphatic rings. The van der Waals surface area contributed by atoms with Crippen LogP contribution < -0.4 is 5.73 Å². The molecule has 2 N–H and O–H groups in total. The Kier molecular flexibility index (Phi) is 2.59. The molecule has 53 valence electrons. The number of rotatable bonds is 2. The highest BCUT2D eigenvalue weighted by atomic mass is 32.2. The van der Waals surface area contributed by atoms with E-state index in [-0.39, 0.29) is 5.94 Å². The third-order valence-electron chi connectivity index (χ3n) is 1.13. The Morgan fingerprint density at radius 1 is 1.40 bits per heavy atom. The number of anilines is 1. The molecule has 0 unspecified atom stereocenters. The average molecular weight is 154 g/mol. The van der Waals surface area contributed by atoms with E-state index in [4.69, 9.17) is 5.73 Å². The lowest BCUT2D eigenvalue weighted by Gasteiger charge is -1.99. The monoisotopic (exact) mass is 154 g/mol. The fraction of sp³-hybridized carbons (Fsp3) is 0.143. The lowest BCUT2D eigenvalue weighted by Crippen LogP contribution is -1.86. The molecule has 1 aromatic carbocycles. The van der Waals surface area contributed by atoms with Crippen LogP contribution in [-0.2, 0) is 5.11 Å². The Labute approximate surface area is 64.1 Å². The molecule has 0 aromatic heterocycles. The number of hydrogen-bond donors (Lipinski definition) is 1. The van der Waals surface area contributed by atoms with Crippen molar-refractivity contribution >= 4 is 17.4 Å². The van der Waals surface area contributed by atoms with Crippen molar-refractivity contribution in [1.82, 2.24) is 0 Å². The highest BCUT2D eigenvalue weighted by Crippen LogP contribution is 2.22. The molecule has 0 fully saturated rings. The van der Waals surface area contributed by atoms with Crippen molar-refractivity contribution < 1.29 is 5.11 Å². The zero-order chi connectivity index (χ0) is 7.40. The normalized spacial score (nSPS) is 9.70. The van der Waals surface area contributed by atoms with Crippen LogP contribution in [-0.4, -0.2) is 5.94 Å². The zero-order valence-corrected chi connectivity index (χ0v) is 6.23. The SMILES string of the molecule is Nc1ccccc1SC[O]. The first kappa shape index (κ1) is 7.44. The van der Waals surface area contributed by atoms with Crippen molar-refractivity contribution in [3.05, 3.63) is 24.3 Å². The van der Waals surface area contributed by atoms with Crippen molar-refractivity contribution in [2.75, 3.05) is 11.7 Å². The Morgan fingerprint density at radius 2 is 2.10 bits per heavy atom. The second-order valence-corrected chi connectivity index (χ2v) is 2.76. The van der Waals surface area contributed by atoms with Gasteiger partial charge in [-0.25, -0.2) is 5.11 Å². The third-order valence-corrected chi connectivity index (χ3v) is 1.93. The summed E-state index contributed by atoms with van der Waals surface area (Å²) in [5.41, 5.74) is 6.23. The van der Waals surface area contributed by atoms with Gasteiger partial charge in [-0.2, -0.15) is 0 Å². The summed E-state index contributed by atoms with van der Waals surface area (Å²) in [4.78, 5) is 0.873. The fourth-order valence-corrected chi connectivity index (χ4v) is 1.21. The van der Waals surface area contributed by atoms with Gasteiger partial charge in [-0.05, 0) is 12.1 Å². The minimum atomic E-state index is -0.172. The van der Waals surface area contributed by atoms with E-state index in [1.807, 2.05) is 18.2 Å². The number of nitrogen functional groups attached to an aromatic ring is 1. The van der Waals surface area contributed by atoms with Crippen LogP contribution in [0.4, 0.5) is 5.69 Å². The number of thioether (sulfide) groups is 1. The molecule has 0 atom stereocenters. The molecule has 2 nitrogen and oxygen atoms in total. The minimum Gasteiger partial charge on any atom is -0.398 e. The maximum atomic E-state index is 10.2. The summed E-state index contributed by atoms with van der Waals surface area (Å²) in [7, 11) is 0. The van der Waals surface area contributed by atoms with E-state index in [9.17, 15) is 5.11 Å². The number of hydrogen-bond acceptors (Lipinski definition) is 2. The van der Waals surface area contributed by atoms with E-state index < -0.39 is 0 Å². The van der Waals surface area contributed by atoms with Gasteiger partial charge in [0.1, 0.15) is 5.94 Å². The zero-order valence-electron chi connectivity index (χ0n) is 5.41. The molecule has 0 bridgehead atoms. The van der Waals surface area contributed by atoms with Crippen LogP contribution in [0.3, 0.4) is 0 Å².